The second kappa shape index (κ2) is 10.4. The SMILES string of the molecule is CC(=O)OCc1cc2ccc(F)cc2c(C(=O)N2CCNCC2)c1C.O=C(O)C(F)(F)F. The van der Waals surface area contributed by atoms with Crippen LogP contribution in [0.1, 0.15) is 28.4 Å². The van der Waals surface area contributed by atoms with Crippen LogP contribution in [0.3, 0.4) is 0 Å². The second-order valence-electron chi connectivity index (χ2n) is 7.03. The smallest absolute Gasteiger partial charge is 0.475 e. The number of carboxylic acid groups (broad SMARTS) is 1. The minimum atomic E-state index is -5.08. The Morgan fingerprint density at radius 1 is 1.16 bits per heavy atom. The maximum absolute atomic E-state index is 13.8. The fraction of sp³-hybridized carbons (Fsp3) is 0.381. The summed E-state index contributed by atoms with van der Waals surface area (Å²) >= 11 is 0. The fourth-order valence-electron chi connectivity index (χ4n) is 3.16. The van der Waals surface area contributed by atoms with Crippen LogP contribution in [0.15, 0.2) is 24.3 Å². The largest absolute Gasteiger partial charge is 0.490 e. The van der Waals surface area contributed by atoms with E-state index in [9.17, 15) is 27.2 Å². The minimum Gasteiger partial charge on any atom is -0.475 e. The van der Waals surface area contributed by atoms with Crippen LogP contribution in [0.2, 0.25) is 0 Å². The summed E-state index contributed by atoms with van der Waals surface area (Å²) in [4.78, 5) is 34.9. The van der Waals surface area contributed by atoms with Crippen LogP contribution >= 0.6 is 0 Å². The Balaban J connectivity index is 0.000000451. The number of piperazine rings is 1. The number of hydrogen-bond donors (Lipinski definition) is 2. The standard InChI is InChI=1S/C19H21FN2O3.C2HF3O2/c1-12-15(11-25-13(2)23)9-14-3-4-16(20)10-17(14)18(12)19(24)22-7-5-21-6-8-22;3-2(4,5)1(6)7/h3-4,9-10,21H,5-8,11H2,1-2H3;(H,6,7). The monoisotopic (exact) mass is 458 g/mol. The van der Waals surface area contributed by atoms with Gasteiger partial charge in [0, 0.05) is 33.1 Å². The van der Waals surface area contributed by atoms with Crippen LogP contribution in [-0.2, 0) is 20.9 Å². The molecule has 1 heterocycles. The predicted octanol–water partition coefficient (Wildman–Crippen LogP) is 3.03. The Bertz CT molecular complexity index is 1020. The average molecular weight is 458 g/mol. The van der Waals surface area contributed by atoms with Crippen LogP contribution < -0.4 is 5.32 Å². The van der Waals surface area contributed by atoms with Gasteiger partial charge in [0.05, 0.1) is 5.56 Å². The molecular formula is C21H22F4N2O5. The number of rotatable bonds is 3. The summed E-state index contributed by atoms with van der Waals surface area (Å²) in [6.45, 7) is 5.97. The molecule has 3 rings (SSSR count). The first-order valence-corrected chi connectivity index (χ1v) is 9.57. The molecule has 7 nitrogen and oxygen atoms in total. The van der Waals surface area contributed by atoms with Gasteiger partial charge in [-0.1, -0.05) is 6.07 Å². The quantitative estimate of drug-likeness (QED) is 0.542. The van der Waals surface area contributed by atoms with E-state index in [4.69, 9.17) is 14.6 Å². The fourth-order valence-corrected chi connectivity index (χ4v) is 3.16. The van der Waals surface area contributed by atoms with Crippen LogP contribution in [0.25, 0.3) is 10.8 Å². The molecule has 174 valence electrons. The van der Waals surface area contributed by atoms with Gasteiger partial charge >= 0.3 is 18.1 Å². The minimum absolute atomic E-state index is 0.0936. The van der Waals surface area contributed by atoms with Crippen LogP contribution in [-0.4, -0.2) is 60.2 Å². The van der Waals surface area contributed by atoms with Gasteiger partial charge in [-0.2, -0.15) is 13.2 Å². The predicted molar refractivity (Wildman–Crippen MR) is 107 cm³/mol. The third kappa shape index (κ3) is 6.39. The first-order chi connectivity index (χ1) is 14.9. The highest BCUT2D eigenvalue weighted by atomic mass is 19.4. The zero-order chi connectivity index (χ0) is 24.1. The lowest BCUT2D eigenvalue weighted by molar-refractivity contribution is -0.192. The Kier molecular flexibility index (Phi) is 8.14. The molecule has 0 aromatic heterocycles. The molecule has 0 saturated carbocycles. The lowest BCUT2D eigenvalue weighted by Crippen LogP contribution is -2.46. The number of halogens is 4. The number of alkyl halides is 3. The van der Waals surface area contributed by atoms with Gasteiger partial charge in [0.15, 0.2) is 0 Å². The van der Waals surface area contributed by atoms with Crippen molar-refractivity contribution in [2.24, 2.45) is 0 Å². The number of carbonyl (C=O) groups excluding carboxylic acids is 2. The molecule has 1 saturated heterocycles. The lowest BCUT2D eigenvalue weighted by atomic mass is 9.94. The summed E-state index contributed by atoms with van der Waals surface area (Å²) in [5, 5.41) is 11.7. The maximum atomic E-state index is 13.8. The van der Waals surface area contributed by atoms with Gasteiger partial charge < -0.3 is 20.1 Å². The molecule has 0 unspecified atom stereocenters. The average Bonchev–Trinajstić information content (AvgIpc) is 2.72. The van der Waals surface area contributed by atoms with Gasteiger partial charge in [0.25, 0.3) is 5.91 Å². The topological polar surface area (TPSA) is 95.9 Å². The number of nitrogens with zero attached hydrogens (tertiary/aromatic N) is 1. The molecule has 32 heavy (non-hydrogen) atoms. The maximum Gasteiger partial charge on any atom is 0.490 e. The molecule has 2 N–H and O–H groups in total. The van der Waals surface area contributed by atoms with Gasteiger partial charge in [0.2, 0.25) is 0 Å². The molecule has 0 spiro atoms. The number of fused-ring (bicyclic) bond motifs is 1. The molecule has 1 fully saturated rings. The molecule has 0 atom stereocenters. The van der Waals surface area contributed by atoms with Crippen molar-refractivity contribution in [1.82, 2.24) is 10.2 Å². The Labute approximate surface area is 180 Å². The third-order valence-corrected chi connectivity index (χ3v) is 4.76. The van der Waals surface area contributed by atoms with Crippen LogP contribution in [0.4, 0.5) is 17.6 Å². The first-order valence-electron chi connectivity index (χ1n) is 9.57. The second-order valence-corrected chi connectivity index (χ2v) is 7.03. The Morgan fingerprint density at radius 3 is 2.28 bits per heavy atom. The molecule has 0 aliphatic carbocycles. The van der Waals surface area contributed by atoms with Crippen molar-refractivity contribution in [3.05, 3.63) is 46.8 Å². The van der Waals surface area contributed by atoms with E-state index >= 15 is 0 Å². The molecule has 1 aliphatic heterocycles. The van der Waals surface area contributed by atoms with Crippen molar-refractivity contribution in [2.45, 2.75) is 26.6 Å². The van der Waals surface area contributed by atoms with E-state index in [1.807, 2.05) is 13.0 Å². The van der Waals surface area contributed by atoms with E-state index < -0.39 is 12.1 Å². The van der Waals surface area contributed by atoms with Crippen molar-refractivity contribution >= 4 is 28.6 Å². The van der Waals surface area contributed by atoms with Crippen molar-refractivity contribution in [2.75, 3.05) is 26.2 Å². The Hall–Kier alpha value is -3.21. The van der Waals surface area contributed by atoms with Gasteiger partial charge in [-0.15, -0.1) is 0 Å². The van der Waals surface area contributed by atoms with Crippen molar-refractivity contribution in [3.8, 4) is 0 Å². The number of hydrogen-bond acceptors (Lipinski definition) is 5. The van der Waals surface area contributed by atoms with E-state index in [1.165, 1.54) is 19.1 Å². The van der Waals surface area contributed by atoms with E-state index in [1.54, 1.807) is 11.0 Å². The van der Waals surface area contributed by atoms with Gasteiger partial charge in [-0.3, -0.25) is 9.59 Å². The molecule has 2 aromatic rings. The summed E-state index contributed by atoms with van der Waals surface area (Å²) < 4.78 is 50.7. The summed E-state index contributed by atoms with van der Waals surface area (Å²) in [5.74, 6) is -3.63. The highest BCUT2D eigenvalue weighted by Crippen LogP contribution is 2.28. The van der Waals surface area contributed by atoms with Crippen molar-refractivity contribution < 1.29 is 41.8 Å². The number of amides is 1. The normalized spacial score (nSPS) is 13.9. The zero-order valence-electron chi connectivity index (χ0n) is 17.4. The zero-order valence-corrected chi connectivity index (χ0v) is 17.4. The number of carboxylic acids is 1. The summed E-state index contributed by atoms with van der Waals surface area (Å²) in [6.07, 6.45) is -5.08. The van der Waals surface area contributed by atoms with Crippen molar-refractivity contribution in [1.29, 1.82) is 0 Å². The number of aliphatic carboxylic acids is 1. The van der Waals surface area contributed by atoms with E-state index in [0.717, 1.165) is 29.6 Å². The molecule has 1 amide bonds. The van der Waals surface area contributed by atoms with Gasteiger partial charge in [-0.25, -0.2) is 9.18 Å². The highest BCUT2D eigenvalue weighted by molar-refractivity contribution is 6.08. The van der Waals surface area contributed by atoms with Gasteiger partial charge in [-0.05, 0) is 47.0 Å². The first kappa shape index (κ1) is 25.1. The summed E-state index contributed by atoms with van der Waals surface area (Å²) in [7, 11) is 0. The van der Waals surface area contributed by atoms with E-state index in [-0.39, 0.29) is 24.3 Å². The molecule has 0 bridgehead atoms. The molecule has 2 aromatic carbocycles. The highest BCUT2D eigenvalue weighted by Gasteiger charge is 2.38. The van der Waals surface area contributed by atoms with Crippen molar-refractivity contribution in [3.63, 3.8) is 0 Å². The molecule has 0 radical (unpaired) electrons. The molecule has 11 heteroatoms. The lowest BCUT2D eigenvalue weighted by Gasteiger charge is -2.29. The number of carbonyl (C=O) groups is 3. The number of esters is 1. The Morgan fingerprint density at radius 2 is 1.75 bits per heavy atom. The molecular weight excluding hydrogens is 436 g/mol. The summed E-state index contributed by atoms with van der Waals surface area (Å²) in [5.41, 5.74) is 1.97. The van der Waals surface area contributed by atoms with Gasteiger partial charge in [0.1, 0.15) is 12.4 Å². The van der Waals surface area contributed by atoms with Crippen LogP contribution in [0.5, 0.6) is 0 Å². The third-order valence-electron chi connectivity index (χ3n) is 4.76. The summed E-state index contributed by atoms with van der Waals surface area (Å²) in [6, 6.07) is 6.26. The van der Waals surface area contributed by atoms with E-state index in [0.29, 0.717) is 24.0 Å². The number of benzene rings is 2. The molecule has 1 aliphatic rings. The number of ether oxygens (including phenoxy) is 1. The number of nitrogens with one attached hydrogen (secondary N) is 1. The van der Waals surface area contributed by atoms with E-state index in [2.05, 4.69) is 5.32 Å². The van der Waals surface area contributed by atoms with Crippen LogP contribution in [0, 0.1) is 12.7 Å².